The van der Waals surface area contributed by atoms with Crippen molar-refractivity contribution in [2.75, 3.05) is 0 Å². The molecular weight excluding hydrogens is 232 g/mol. The lowest BCUT2D eigenvalue weighted by molar-refractivity contribution is 0.415. The second-order valence-corrected chi connectivity index (χ2v) is 4.99. The first kappa shape index (κ1) is 13.2. The summed E-state index contributed by atoms with van der Waals surface area (Å²) < 4.78 is 27.3. The van der Waals surface area contributed by atoms with E-state index >= 15 is 0 Å². The van der Waals surface area contributed by atoms with Gasteiger partial charge in [0.15, 0.2) is 0 Å². The van der Waals surface area contributed by atoms with E-state index in [9.17, 15) is 8.78 Å². The van der Waals surface area contributed by atoms with Gasteiger partial charge in [0.1, 0.15) is 11.6 Å². The van der Waals surface area contributed by atoms with Gasteiger partial charge in [0.2, 0.25) is 0 Å². The van der Waals surface area contributed by atoms with Crippen LogP contribution in [0.1, 0.15) is 43.4 Å². The topological polar surface area (TPSA) is 12.0 Å². The molecule has 1 aliphatic carbocycles. The molecule has 0 fully saturated rings. The molecule has 0 saturated heterocycles. The molecule has 1 nitrogen and oxygen atoms in total. The van der Waals surface area contributed by atoms with E-state index in [4.69, 9.17) is 0 Å². The van der Waals surface area contributed by atoms with Gasteiger partial charge in [-0.1, -0.05) is 12.2 Å². The number of hydrogen-bond acceptors (Lipinski definition) is 1. The lowest BCUT2D eigenvalue weighted by Gasteiger charge is -2.24. The van der Waals surface area contributed by atoms with Crippen LogP contribution < -0.4 is 5.32 Å². The van der Waals surface area contributed by atoms with Gasteiger partial charge in [-0.15, -0.1) is 0 Å². The summed E-state index contributed by atoms with van der Waals surface area (Å²) in [4.78, 5) is 0. The van der Waals surface area contributed by atoms with Gasteiger partial charge in [0.25, 0.3) is 0 Å². The molecule has 1 N–H and O–H groups in total. The van der Waals surface area contributed by atoms with Crippen molar-refractivity contribution in [3.05, 3.63) is 47.0 Å². The van der Waals surface area contributed by atoms with Crippen molar-refractivity contribution in [3.8, 4) is 0 Å². The number of aryl methyl sites for hydroxylation is 1. The first-order valence-corrected chi connectivity index (χ1v) is 6.44. The molecule has 1 aliphatic rings. The Hall–Kier alpha value is -1.22. The van der Waals surface area contributed by atoms with Crippen LogP contribution in [0.4, 0.5) is 8.78 Å². The van der Waals surface area contributed by atoms with Crippen LogP contribution >= 0.6 is 0 Å². The fourth-order valence-electron chi connectivity index (χ4n) is 2.38. The van der Waals surface area contributed by atoms with Gasteiger partial charge < -0.3 is 5.32 Å². The Bertz CT molecular complexity index is 454. The van der Waals surface area contributed by atoms with Crippen molar-refractivity contribution in [2.45, 2.75) is 45.2 Å². The molecule has 0 saturated carbocycles. The third kappa shape index (κ3) is 2.96. The Morgan fingerprint density at radius 1 is 1.22 bits per heavy atom. The molecule has 0 heterocycles. The minimum Gasteiger partial charge on any atom is -0.307 e. The molecule has 0 aliphatic heterocycles. The highest BCUT2D eigenvalue weighted by atomic mass is 19.1. The molecule has 2 rings (SSSR count). The Balaban J connectivity index is 2.10. The minimum absolute atomic E-state index is 0.170. The second-order valence-electron chi connectivity index (χ2n) is 4.99. The van der Waals surface area contributed by atoms with Gasteiger partial charge in [-0.2, -0.15) is 0 Å². The third-order valence-corrected chi connectivity index (χ3v) is 3.50. The van der Waals surface area contributed by atoms with Gasteiger partial charge in [0.05, 0.1) is 0 Å². The molecular formula is C15H19F2N. The highest BCUT2D eigenvalue weighted by Crippen LogP contribution is 2.22. The maximum atomic E-state index is 13.8. The molecule has 0 amide bonds. The van der Waals surface area contributed by atoms with Gasteiger partial charge in [-0.05, 0) is 50.8 Å². The van der Waals surface area contributed by atoms with E-state index in [0.717, 1.165) is 19.3 Å². The Morgan fingerprint density at radius 2 is 2.00 bits per heavy atom. The summed E-state index contributed by atoms with van der Waals surface area (Å²) in [7, 11) is 0. The summed E-state index contributed by atoms with van der Waals surface area (Å²) in [6.45, 7) is 3.46. The molecule has 1 aromatic rings. The average Bonchev–Trinajstić information content (AvgIpc) is 2.35. The van der Waals surface area contributed by atoms with Crippen molar-refractivity contribution in [3.63, 3.8) is 0 Å². The molecule has 18 heavy (non-hydrogen) atoms. The van der Waals surface area contributed by atoms with Crippen molar-refractivity contribution in [1.82, 2.24) is 5.32 Å². The average molecular weight is 251 g/mol. The summed E-state index contributed by atoms with van der Waals surface area (Å²) in [5.74, 6) is -0.677. The van der Waals surface area contributed by atoms with Crippen LogP contribution in [0.5, 0.6) is 0 Å². The molecule has 98 valence electrons. The van der Waals surface area contributed by atoms with Crippen LogP contribution in [-0.4, -0.2) is 6.04 Å². The van der Waals surface area contributed by atoms with Gasteiger partial charge in [-0.3, -0.25) is 0 Å². The maximum absolute atomic E-state index is 13.8. The van der Waals surface area contributed by atoms with Gasteiger partial charge in [-0.25, -0.2) is 8.78 Å². The Morgan fingerprint density at radius 3 is 2.67 bits per heavy atom. The summed E-state index contributed by atoms with van der Waals surface area (Å²) in [5.41, 5.74) is 0.761. The maximum Gasteiger partial charge on any atom is 0.128 e. The molecule has 0 spiro atoms. The quantitative estimate of drug-likeness (QED) is 0.800. The highest BCUT2D eigenvalue weighted by Gasteiger charge is 2.17. The predicted octanol–water partition coefficient (Wildman–Crippen LogP) is 4.03. The highest BCUT2D eigenvalue weighted by molar-refractivity contribution is 5.27. The number of rotatable bonds is 3. The van der Waals surface area contributed by atoms with Crippen LogP contribution in [0.25, 0.3) is 0 Å². The van der Waals surface area contributed by atoms with Crippen LogP contribution in [0, 0.1) is 18.6 Å². The summed E-state index contributed by atoms with van der Waals surface area (Å²) in [5, 5.41) is 3.36. The van der Waals surface area contributed by atoms with Crippen LogP contribution in [0.3, 0.4) is 0 Å². The molecule has 0 bridgehead atoms. The van der Waals surface area contributed by atoms with Crippen molar-refractivity contribution < 1.29 is 8.78 Å². The number of nitrogens with one attached hydrogen (secondary N) is 1. The van der Waals surface area contributed by atoms with Crippen molar-refractivity contribution in [2.24, 2.45) is 0 Å². The first-order chi connectivity index (χ1) is 8.58. The third-order valence-electron chi connectivity index (χ3n) is 3.50. The first-order valence-electron chi connectivity index (χ1n) is 6.44. The summed E-state index contributed by atoms with van der Waals surface area (Å²) >= 11 is 0. The summed E-state index contributed by atoms with van der Waals surface area (Å²) in [6, 6.07) is 2.76. The minimum atomic E-state index is -0.344. The number of hydrogen-bond donors (Lipinski definition) is 1. The number of allylic oxidation sites excluding steroid dienone is 1. The summed E-state index contributed by atoms with van der Waals surface area (Å²) in [6.07, 6.45) is 7.36. The standard InChI is InChI=1S/C15H19F2N/c1-10-8-15(17)13(9-14(10)16)11(2)18-12-6-4-3-5-7-12/h3-4,8-9,11-12,18H,5-7H2,1-2H3. The van der Waals surface area contributed by atoms with Crippen molar-refractivity contribution in [1.29, 1.82) is 0 Å². The molecule has 2 unspecified atom stereocenters. The lowest BCUT2D eigenvalue weighted by atomic mass is 9.99. The predicted molar refractivity (Wildman–Crippen MR) is 69.4 cm³/mol. The molecule has 2 atom stereocenters. The van der Waals surface area contributed by atoms with Crippen LogP contribution in [-0.2, 0) is 0 Å². The molecule has 0 radical (unpaired) electrons. The zero-order valence-corrected chi connectivity index (χ0v) is 10.8. The van der Waals surface area contributed by atoms with E-state index in [0.29, 0.717) is 17.2 Å². The molecule has 0 aromatic heterocycles. The number of benzene rings is 1. The second kappa shape index (κ2) is 5.61. The van der Waals surface area contributed by atoms with Gasteiger partial charge in [0, 0.05) is 17.6 Å². The zero-order chi connectivity index (χ0) is 13.1. The monoisotopic (exact) mass is 251 g/mol. The van der Waals surface area contributed by atoms with Crippen molar-refractivity contribution >= 4 is 0 Å². The fraction of sp³-hybridized carbons (Fsp3) is 0.467. The molecule has 3 heteroatoms. The van der Waals surface area contributed by atoms with Crippen LogP contribution in [0.2, 0.25) is 0 Å². The van der Waals surface area contributed by atoms with E-state index < -0.39 is 0 Å². The zero-order valence-electron chi connectivity index (χ0n) is 10.8. The largest absolute Gasteiger partial charge is 0.307 e. The smallest absolute Gasteiger partial charge is 0.128 e. The van der Waals surface area contributed by atoms with E-state index in [2.05, 4.69) is 17.5 Å². The van der Waals surface area contributed by atoms with Crippen LogP contribution in [0.15, 0.2) is 24.3 Å². The Labute approximate surface area is 107 Å². The SMILES string of the molecule is Cc1cc(F)c(C(C)NC2CC=CCC2)cc1F. The normalized spacial score (nSPS) is 21.0. The van der Waals surface area contributed by atoms with E-state index in [1.54, 1.807) is 6.92 Å². The van der Waals surface area contributed by atoms with Gasteiger partial charge >= 0.3 is 0 Å². The fourth-order valence-corrected chi connectivity index (χ4v) is 2.38. The van der Waals surface area contributed by atoms with E-state index in [-0.39, 0.29) is 17.7 Å². The number of halogens is 2. The van der Waals surface area contributed by atoms with E-state index in [1.807, 2.05) is 6.92 Å². The molecule has 1 aromatic carbocycles. The Kier molecular flexibility index (Phi) is 4.12. The van der Waals surface area contributed by atoms with E-state index in [1.165, 1.54) is 12.1 Å². The lowest BCUT2D eigenvalue weighted by Crippen LogP contribution is -2.32.